The molecule has 2 aliphatic heterocycles. The summed E-state index contributed by atoms with van der Waals surface area (Å²) < 4.78 is 5.02. The minimum Gasteiger partial charge on any atom is -0.384 e. The maximum absolute atomic E-state index is 12.4. The maximum atomic E-state index is 12.4. The van der Waals surface area contributed by atoms with E-state index in [4.69, 9.17) is 9.72 Å². The molecule has 0 radical (unpaired) electrons. The molecular formula is C22H34N4O4. The van der Waals surface area contributed by atoms with E-state index < -0.39 is 0 Å². The number of aromatic nitrogens is 2. The number of carbonyl (C=O) groups is 2. The summed E-state index contributed by atoms with van der Waals surface area (Å²) in [6, 6.07) is 1.58. The van der Waals surface area contributed by atoms with Crippen LogP contribution in [-0.4, -0.2) is 71.5 Å². The van der Waals surface area contributed by atoms with Gasteiger partial charge in [-0.15, -0.1) is 0 Å². The number of carbonyl (C=O) groups excluding carboxylic acids is 2. The molecule has 1 aromatic rings. The summed E-state index contributed by atoms with van der Waals surface area (Å²) in [4.78, 5) is 48.5. The van der Waals surface area contributed by atoms with Crippen LogP contribution in [0.15, 0.2) is 10.9 Å². The van der Waals surface area contributed by atoms with Gasteiger partial charge in [-0.1, -0.05) is 13.8 Å². The largest absolute Gasteiger partial charge is 0.384 e. The van der Waals surface area contributed by atoms with Gasteiger partial charge in [-0.2, -0.15) is 0 Å². The molecule has 3 heterocycles. The molecule has 2 aliphatic rings. The lowest BCUT2D eigenvalue weighted by Crippen LogP contribution is -2.41. The highest BCUT2D eigenvalue weighted by atomic mass is 16.5. The zero-order chi connectivity index (χ0) is 21.7. The van der Waals surface area contributed by atoms with E-state index in [1.807, 2.05) is 23.6 Å². The van der Waals surface area contributed by atoms with Crippen LogP contribution < -0.4 is 5.56 Å². The number of ether oxygens (including phenoxy) is 1. The second-order valence-electron chi connectivity index (χ2n) is 8.73. The third kappa shape index (κ3) is 5.47. The molecule has 8 heteroatoms. The first-order valence-electron chi connectivity index (χ1n) is 11.1. The predicted molar refractivity (Wildman–Crippen MR) is 113 cm³/mol. The molecule has 1 atom stereocenters. The van der Waals surface area contributed by atoms with Crippen LogP contribution in [0, 0.1) is 5.92 Å². The van der Waals surface area contributed by atoms with Gasteiger partial charge >= 0.3 is 0 Å². The Morgan fingerprint density at radius 3 is 2.57 bits per heavy atom. The van der Waals surface area contributed by atoms with Crippen molar-refractivity contribution in [3.05, 3.63) is 27.9 Å². The minimum absolute atomic E-state index is 0.00339. The zero-order valence-corrected chi connectivity index (χ0v) is 18.4. The van der Waals surface area contributed by atoms with Gasteiger partial charge in [0.25, 0.3) is 5.56 Å². The summed E-state index contributed by atoms with van der Waals surface area (Å²) in [5, 5.41) is 0. The molecular weight excluding hydrogens is 384 g/mol. The van der Waals surface area contributed by atoms with Crippen LogP contribution in [0.1, 0.15) is 69.3 Å². The second kappa shape index (κ2) is 10.2. The van der Waals surface area contributed by atoms with Crippen LogP contribution in [0.5, 0.6) is 0 Å². The van der Waals surface area contributed by atoms with Crippen molar-refractivity contribution in [3.8, 4) is 0 Å². The summed E-state index contributed by atoms with van der Waals surface area (Å²) in [7, 11) is 1.59. The molecule has 2 fully saturated rings. The van der Waals surface area contributed by atoms with E-state index in [0.717, 1.165) is 43.7 Å². The third-order valence-corrected chi connectivity index (χ3v) is 6.18. The molecule has 8 nitrogen and oxygen atoms in total. The molecule has 2 amide bonds. The quantitative estimate of drug-likeness (QED) is 0.761. The van der Waals surface area contributed by atoms with Crippen molar-refractivity contribution >= 4 is 11.8 Å². The minimum atomic E-state index is -0.140. The van der Waals surface area contributed by atoms with Gasteiger partial charge in [0.05, 0.1) is 18.7 Å². The fourth-order valence-corrected chi connectivity index (χ4v) is 4.43. The zero-order valence-electron chi connectivity index (χ0n) is 18.4. The molecule has 0 aromatic carbocycles. The van der Waals surface area contributed by atoms with Gasteiger partial charge in [-0.3, -0.25) is 14.4 Å². The standard InChI is InChI=1S/C22H34N4O4/c1-15(2)22(29)25-10-6-16(7-11-25)21-23-18(13-19(27)24-21)17-5-4-9-26(14-17)20(28)8-12-30-3/h13,15-17H,4-12,14H2,1-3H3,(H,23,24,27)/t17-/m1/s1. The monoisotopic (exact) mass is 418 g/mol. The summed E-state index contributed by atoms with van der Waals surface area (Å²) in [5.41, 5.74) is 0.636. The van der Waals surface area contributed by atoms with E-state index in [9.17, 15) is 14.4 Å². The van der Waals surface area contributed by atoms with E-state index in [1.165, 1.54) is 0 Å². The highest BCUT2D eigenvalue weighted by Gasteiger charge is 2.29. The Bertz CT molecular complexity index is 799. The van der Waals surface area contributed by atoms with Crippen molar-refractivity contribution in [2.24, 2.45) is 5.92 Å². The first-order valence-corrected chi connectivity index (χ1v) is 11.1. The maximum Gasteiger partial charge on any atom is 0.251 e. The second-order valence-corrected chi connectivity index (χ2v) is 8.73. The van der Waals surface area contributed by atoms with Crippen LogP contribution in [0.2, 0.25) is 0 Å². The summed E-state index contributed by atoms with van der Waals surface area (Å²) in [6.45, 7) is 7.00. The van der Waals surface area contributed by atoms with E-state index in [0.29, 0.717) is 32.7 Å². The van der Waals surface area contributed by atoms with Crippen LogP contribution in [-0.2, 0) is 14.3 Å². The number of amides is 2. The molecule has 0 spiro atoms. The SMILES string of the molecule is COCCC(=O)N1CCC[C@@H](c2cc(=O)[nH]c(C3CCN(C(=O)C(C)C)CC3)n2)C1. The molecule has 30 heavy (non-hydrogen) atoms. The van der Waals surface area contributed by atoms with Crippen LogP contribution in [0.25, 0.3) is 0 Å². The Kier molecular flexibility index (Phi) is 7.64. The van der Waals surface area contributed by atoms with Crippen molar-refractivity contribution in [2.45, 2.75) is 57.8 Å². The van der Waals surface area contributed by atoms with Crippen LogP contribution in [0.4, 0.5) is 0 Å². The number of aromatic amines is 1. The first-order chi connectivity index (χ1) is 14.4. The number of methoxy groups -OCH3 is 1. The number of hydrogen-bond acceptors (Lipinski definition) is 5. The third-order valence-electron chi connectivity index (χ3n) is 6.18. The van der Waals surface area contributed by atoms with E-state index in [1.54, 1.807) is 13.2 Å². The number of H-pyrrole nitrogens is 1. The van der Waals surface area contributed by atoms with Gasteiger partial charge in [-0.25, -0.2) is 4.98 Å². The van der Waals surface area contributed by atoms with Crippen molar-refractivity contribution in [1.29, 1.82) is 0 Å². The van der Waals surface area contributed by atoms with E-state index >= 15 is 0 Å². The molecule has 0 bridgehead atoms. The lowest BCUT2D eigenvalue weighted by molar-refractivity contribution is -0.135. The van der Waals surface area contributed by atoms with Gasteiger partial charge in [-0.05, 0) is 25.7 Å². The Labute approximate surface area is 178 Å². The Hall–Kier alpha value is -2.22. The number of nitrogens with zero attached hydrogens (tertiary/aromatic N) is 3. The lowest BCUT2D eigenvalue weighted by Gasteiger charge is -2.34. The summed E-state index contributed by atoms with van der Waals surface area (Å²) in [6.07, 6.45) is 3.81. The number of likely N-dealkylation sites (tertiary alicyclic amines) is 2. The summed E-state index contributed by atoms with van der Waals surface area (Å²) >= 11 is 0. The van der Waals surface area contributed by atoms with Crippen molar-refractivity contribution < 1.29 is 14.3 Å². The molecule has 0 saturated carbocycles. The Balaban J connectivity index is 1.68. The average Bonchev–Trinajstić information content (AvgIpc) is 2.76. The summed E-state index contributed by atoms with van der Waals surface area (Å²) in [5.74, 6) is 1.23. The Morgan fingerprint density at radius 2 is 1.90 bits per heavy atom. The van der Waals surface area contributed by atoms with Crippen LogP contribution >= 0.6 is 0 Å². The molecule has 0 aliphatic carbocycles. The molecule has 2 saturated heterocycles. The fourth-order valence-electron chi connectivity index (χ4n) is 4.43. The van der Waals surface area contributed by atoms with E-state index in [2.05, 4.69) is 4.98 Å². The number of piperidine rings is 2. The van der Waals surface area contributed by atoms with Gasteiger partial charge in [0.2, 0.25) is 11.8 Å². The van der Waals surface area contributed by atoms with Gasteiger partial charge in [0.15, 0.2) is 0 Å². The number of hydrogen-bond donors (Lipinski definition) is 1. The highest BCUT2D eigenvalue weighted by molar-refractivity contribution is 5.78. The van der Waals surface area contributed by atoms with Crippen molar-refractivity contribution in [3.63, 3.8) is 0 Å². The molecule has 3 rings (SSSR count). The van der Waals surface area contributed by atoms with E-state index in [-0.39, 0.29) is 35.1 Å². The van der Waals surface area contributed by atoms with Gasteiger partial charge in [0, 0.05) is 57.1 Å². The molecule has 0 unspecified atom stereocenters. The Morgan fingerprint density at radius 1 is 1.17 bits per heavy atom. The van der Waals surface area contributed by atoms with Crippen molar-refractivity contribution in [1.82, 2.24) is 19.8 Å². The molecule has 1 aromatic heterocycles. The predicted octanol–water partition coefficient (Wildman–Crippen LogP) is 1.87. The molecule has 1 N–H and O–H groups in total. The highest BCUT2D eigenvalue weighted by Crippen LogP contribution is 2.29. The number of rotatable bonds is 6. The average molecular weight is 419 g/mol. The molecule has 166 valence electrons. The smallest absolute Gasteiger partial charge is 0.251 e. The van der Waals surface area contributed by atoms with Gasteiger partial charge < -0.3 is 19.5 Å². The van der Waals surface area contributed by atoms with Crippen molar-refractivity contribution in [2.75, 3.05) is 39.9 Å². The number of nitrogens with one attached hydrogen (secondary N) is 1. The lowest BCUT2D eigenvalue weighted by atomic mass is 9.92. The topological polar surface area (TPSA) is 95.6 Å². The fraction of sp³-hybridized carbons (Fsp3) is 0.727. The normalized spacial score (nSPS) is 20.6. The first kappa shape index (κ1) is 22.5. The van der Waals surface area contributed by atoms with Gasteiger partial charge in [0.1, 0.15) is 5.82 Å². The van der Waals surface area contributed by atoms with Crippen LogP contribution in [0.3, 0.4) is 0 Å².